The molecule has 1 N–H and O–H groups in total. The van der Waals surface area contributed by atoms with E-state index in [1.807, 2.05) is 30.9 Å². The average molecular weight is 253 g/mol. The fourth-order valence-electron chi connectivity index (χ4n) is 1.54. The highest BCUT2D eigenvalue weighted by atomic mass is 32.2. The normalized spacial score (nSPS) is 13.5. The Bertz CT molecular complexity index is 346. The number of rotatable bonds is 5. The van der Waals surface area contributed by atoms with Gasteiger partial charge in [-0.25, -0.2) is 0 Å². The van der Waals surface area contributed by atoms with Crippen molar-refractivity contribution in [3.63, 3.8) is 0 Å². The Kier molecular flexibility index (Phi) is 5.34. The molecule has 17 heavy (non-hydrogen) atoms. The van der Waals surface area contributed by atoms with Crippen molar-refractivity contribution in [1.82, 2.24) is 5.32 Å². The quantitative estimate of drug-likeness (QED) is 0.868. The van der Waals surface area contributed by atoms with Crippen LogP contribution in [0.1, 0.15) is 32.4 Å². The molecule has 0 aliphatic carbocycles. The molecule has 0 bridgehead atoms. The molecule has 0 saturated heterocycles. The largest absolute Gasteiger partial charge is 0.497 e. The number of ether oxygens (including phenoxy) is 1. The first-order valence-corrected chi connectivity index (χ1v) is 6.90. The molecule has 3 heteroatoms. The van der Waals surface area contributed by atoms with Gasteiger partial charge in [-0.2, -0.15) is 11.8 Å². The zero-order valence-corrected chi connectivity index (χ0v) is 12.2. The number of nitrogens with one attached hydrogen (secondary N) is 1. The summed E-state index contributed by atoms with van der Waals surface area (Å²) in [5, 5.41) is 3.37. The maximum Gasteiger partial charge on any atom is 0.119 e. The lowest BCUT2D eigenvalue weighted by Crippen LogP contribution is -2.21. The minimum Gasteiger partial charge on any atom is -0.497 e. The predicted octanol–water partition coefficient (Wildman–Crippen LogP) is 3.49. The molecule has 0 amide bonds. The molecule has 1 aromatic rings. The topological polar surface area (TPSA) is 21.3 Å². The Hall–Kier alpha value is -0.670. The van der Waals surface area contributed by atoms with Crippen molar-refractivity contribution < 1.29 is 4.74 Å². The standard InChI is InChI=1S/C14H23NOS/c1-14(2,3)17-10-13(15-4)11-7-6-8-12(9-11)16-5/h6-9,13,15H,10H2,1-5H3. The van der Waals surface area contributed by atoms with Crippen LogP contribution in [0.2, 0.25) is 0 Å². The SMILES string of the molecule is CNC(CSC(C)(C)C)c1cccc(OC)c1. The Morgan fingerprint density at radius 3 is 2.59 bits per heavy atom. The van der Waals surface area contributed by atoms with Crippen molar-refractivity contribution in [3.05, 3.63) is 29.8 Å². The van der Waals surface area contributed by atoms with E-state index in [9.17, 15) is 0 Å². The van der Waals surface area contributed by atoms with E-state index in [0.717, 1.165) is 11.5 Å². The minimum absolute atomic E-state index is 0.300. The lowest BCUT2D eigenvalue weighted by molar-refractivity contribution is 0.413. The summed E-state index contributed by atoms with van der Waals surface area (Å²) in [6, 6.07) is 8.64. The zero-order chi connectivity index (χ0) is 12.9. The van der Waals surface area contributed by atoms with E-state index in [1.54, 1.807) is 7.11 Å². The van der Waals surface area contributed by atoms with Gasteiger partial charge in [0.15, 0.2) is 0 Å². The van der Waals surface area contributed by atoms with Gasteiger partial charge in [0.2, 0.25) is 0 Å². The fourth-order valence-corrected chi connectivity index (χ4v) is 2.56. The minimum atomic E-state index is 0.300. The number of thioether (sulfide) groups is 1. The molecule has 0 fully saturated rings. The summed E-state index contributed by atoms with van der Waals surface area (Å²) >= 11 is 1.97. The zero-order valence-electron chi connectivity index (χ0n) is 11.4. The van der Waals surface area contributed by atoms with Gasteiger partial charge < -0.3 is 10.1 Å². The monoisotopic (exact) mass is 253 g/mol. The Labute approximate surface area is 109 Å². The molecule has 2 nitrogen and oxygen atoms in total. The molecular formula is C14H23NOS. The predicted molar refractivity (Wildman–Crippen MR) is 77.0 cm³/mol. The van der Waals surface area contributed by atoms with E-state index < -0.39 is 0 Å². The van der Waals surface area contributed by atoms with Gasteiger partial charge >= 0.3 is 0 Å². The summed E-state index contributed by atoms with van der Waals surface area (Å²) in [6.45, 7) is 6.74. The Morgan fingerprint density at radius 2 is 2.06 bits per heavy atom. The summed E-state index contributed by atoms with van der Waals surface area (Å²) in [6.07, 6.45) is 0. The molecule has 1 aromatic carbocycles. The summed E-state index contributed by atoms with van der Waals surface area (Å²) in [5.41, 5.74) is 1.28. The summed E-state index contributed by atoms with van der Waals surface area (Å²) in [4.78, 5) is 0. The fraction of sp³-hybridized carbons (Fsp3) is 0.571. The van der Waals surface area contributed by atoms with Crippen LogP contribution < -0.4 is 10.1 Å². The van der Waals surface area contributed by atoms with Crippen molar-refractivity contribution in [2.24, 2.45) is 0 Å². The van der Waals surface area contributed by atoms with Crippen LogP contribution in [-0.4, -0.2) is 24.7 Å². The van der Waals surface area contributed by atoms with E-state index in [2.05, 4.69) is 38.2 Å². The maximum absolute atomic E-state index is 5.26. The first-order valence-electron chi connectivity index (χ1n) is 5.91. The second-order valence-corrected chi connectivity index (χ2v) is 6.89. The third-order valence-electron chi connectivity index (χ3n) is 2.53. The lowest BCUT2D eigenvalue weighted by Gasteiger charge is -2.23. The van der Waals surface area contributed by atoms with E-state index in [-0.39, 0.29) is 0 Å². The number of hydrogen-bond donors (Lipinski definition) is 1. The molecule has 0 aliphatic heterocycles. The van der Waals surface area contributed by atoms with Crippen molar-refractivity contribution in [2.75, 3.05) is 19.9 Å². The molecule has 0 saturated carbocycles. The molecular weight excluding hydrogens is 230 g/mol. The number of methoxy groups -OCH3 is 1. The van der Waals surface area contributed by atoms with E-state index >= 15 is 0 Å². The molecule has 1 unspecified atom stereocenters. The molecule has 0 spiro atoms. The van der Waals surface area contributed by atoms with Crippen LogP contribution in [0.15, 0.2) is 24.3 Å². The van der Waals surface area contributed by atoms with Crippen LogP contribution in [0.25, 0.3) is 0 Å². The lowest BCUT2D eigenvalue weighted by atomic mass is 10.1. The van der Waals surface area contributed by atoms with Crippen LogP contribution in [-0.2, 0) is 0 Å². The molecule has 0 aliphatic rings. The van der Waals surface area contributed by atoms with Crippen LogP contribution >= 0.6 is 11.8 Å². The van der Waals surface area contributed by atoms with Gasteiger partial charge in [0.1, 0.15) is 5.75 Å². The van der Waals surface area contributed by atoms with Gasteiger partial charge in [-0.1, -0.05) is 32.9 Å². The van der Waals surface area contributed by atoms with Gasteiger partial charge in [-0.3, -0.25) is 0 Å². The molecule has 1 rings (SSSR count). The molecule has 1 atom stereocenters. The second-order valence-electron chi connectivity index (χ2n) is 5.04. The third-order valence-corrected chi connectivity index (χ3v) is 3.89. The molecule has 0 aromatic heterocycles. The third kappa shape index (κ3) is 5.00. The van der Waals surface area contributed by atoms with Crippen molar-refractivity contribution in [3.8, 4) is 5.75 Å². The first-order chi connectivity index (χ1) is 7.96. The van der Waals surface area contributed by atoms with E-state index in [1.165, 1.54) is 5.56 Å². The average Bonchev–Trinajstić information content (AvgIpc) is 2.29. The molecule has 0 heterocycles. The Morgan fingerprint density at radius 1 is 1.35 bits per heavy atom. The highest BCUT2D eigenvalue weighted by Crippen LogP contribution is 2.29. The molecule has 96 valence electrons. The van der Waals surface area contributed by atoms with Crippen LogP contribution in [0, 0.1) is 0 Å². The Balaban J connectivity index is 2.72. The summed E-state index contributed by atoms with van der Waals surface area (Å²) in [5.74, 6) is 1.98. The van der Waals surface area contributed by atoms with E-state index in [0.29, 0.717) is 10.8 Å². The second kappa shape index (κ2) is 6.31. The summed E-state index contributed by atoms with van der Waals surface area (Å²) in [7, 11) is 3.71. The van der Waals surface area contributed by atoms with Crippen molar-refractivity contribution in [2.45, 2.75) is 31.6 Å². The van der Waals surface area contributed by atoms with Crippen molar-refractivity contribution in [1.29, 1.82) is 0 Å². The van der Waals surface area contributed by atoms with Crippen LogP contribution in [0.3, 0.4) is 0 Å². The maximum atomic E-state index is 5.26. The number of benzene rings is 1. The van der Waals surface area contributed by atoms with E-state index in [4.69, 9.17) is 4.74 Å². The highest BCUT2D eigenvalue weighted by Gasteiger charge is 2.16. The van der Waals surface area contributed by atoms with Gasteiger partial charge in [0.05, 0.1) is 7.11 Å². The highest BCUT2D eigenvalue weighted by molar-refractivity contribution is 8.00. The summed E-state index contributed by atoms with van der Waals surface area (Å²) < 4.78 is 5.56. The smallest absolute Gasteiger partial charge is 0.119 e. The number of hydrogen-bond acceptors (Lipinski definition) is 3. The first kappa shape index (κ1) is 14.4. The van der Waals surface area contributed by atoms with Crippen molar-refractivity contribution >= 4 is 11.8 Å². The van der Waals surface area contributed by atoms with Gasteiger partial charge in [0, 0.05) is 16.5 Å². The van der Waals surface area contributed by atoms with Gasteiger partial charge in [-0.15, -0.1) is 0 Å². The van der Waals surface area contributed by atoms with Gasteiger partial charge in [-0.05, 0) is 24.7 Å². The van der Waals surface area contributed by atoms with Gasteiger partial charge in [0.25, 0.3) is 0 Å². The van der Waals surface area contributed by atoms with Crippen LogP contribution in [0.4, 0.5) is 0 Å². The van der Waals surface area contributed by atoms with Crippen LogP contribution in [0.5, 0.6) is 5.75 Å². The molecule has 0 radical (unpaired) electrons.